The molecule has 0 amide bonds. The van der Waals surface area contributed by atoms with Crippen LogP contribution in [0.25, 0.3) is 16.7 Å². The van der Waals surface area contributed by atoms with Crippen molar-refractivity contribution < 1.29 is 0 Å². The fourth-order valence-corrected chi connectivity index (χ4v) is 3.14. The predicted octanol–water partition coefficient (Wildman–Crippen LogP) is 4.46. The number of aromatic nitrogens is 4. The molecule has 0 fully saturated rings. The van der Waals surface area contributed by atoms with Crippen LogP contribution < -0.4 is 4.90 Å². The van der Waals surface area contributed by atoms with Gasteiger partial charge in [-0.25, -0.2) is 0 Å². The molecule has 0 spiro atoms. The van der Waals surface area contributed by atoms with Crippen molar-refractivity contribution in [3.8, 4) is 0 Å². The van der Waals surface area contributed by atoms with Crippen LogP contribution in [0.4, 0.5) is 11.5 Å². The molecule has 4 rings (SSSR count). The van der Waals surface area contributed by atoms with Gasteiger partial charge in [0.05, 0.1) is 5.52 Å². The van der Waals surface area contributed by atoms with E-state index in [0.29, 0.717) is 10.8 Å². The molecule has 0 N–H and O–H groups in total. The number of rotatable bonds is 2. The van der Waals surface area contributed by atoms with Gasteiger partial charge in [-0.05, 0) is 36.4 Å². The Balaban J connectivity index is 2.01. The summed E-state index contributed by atoms with van der Waals surface area (Å²) < 4.78 is 2.84. The van der Waals surface area contributed by atoms with Gasteiger partial charge in [0.15, 0.2) is 0 Å². The molecular formula is C16H11BrClN5. The van der Waals surface area contributed by atoms with Crippen LogP contribution >= 0.6 is 27.5 Å². The summed E-state index contributed by atoms with van der Waals surface area (Å²) in [4.78, 5) is 6.68. The van der Waals surface area contributed by atoms with Gasteiger partial charge in [0.1, 0.15) is 12.1 Å². The number of benzene rings is 2. The van der Waals surface area contributed by atoms with Gasteiger partial charge in [-0.1, -0.05) is 33.6 Å². The molecule has 4 aromatic rings. The molecule has 0 saturated heterocycles. The molecule has 0 saturated carbocycles. The number of nitrogens with zero attached hydrogens (tertiary/aromatic N) is 5. The van der Waals surface area contributed by atoms with Gasteiger partial charge in [-0.3, -0.25) is 4.40 Å². The summed E-state index contributed by atoms with van der Waals surface area (Å²) in [6.07, 6.45) is 1.64. The van der Waals surface area contributed by atoms with Crippen LogP contribution in [-0.2, 0) is 0 Å². The van der Waals surface area contributed by atoms with Crippen molar-refractivity contribution >= 4 is 55.7 Å². The topological polar surface area (TPSA) is 46.3 Å². The monoisotopic (exact) mass is 387 g/mol. The zero-order valence-electron chi connectivity index (χ0n) is 12.1. The van der Waals surface area contributed by atoms with Crippen LogP contribution in [0, 0.1) is 0 Å². The molecule has 0 aliphatic carbocycles. The summed E-state index contributed by atoms with van der Waals surface area (Å²) in [5, 5.41) is 9.66. The van der Waals surface area contributed by atoms with Gasteiger partial charge >= 0.3 is 0 Å². The Labute approximate surface area is 145 Å². The van der Waals surface area contributed by atoms with Crippen LogP contribution in [0.1, 0.15) is 0 Å². The van der Waals surface area contributed by atoms with Crippen molar-refractivity contribution in [2.75, 3.05) is 11.9 Å². The maximum absolute atomic E-state index is 6.16. The van der Waals surface area contributed by atoms with Gasteiger partial charge < -0.3 is 4.90 Å². The van der Waals surface area contributed by atoms with Gasteiger partial charge in [-0.2, -0.15) is 4.98 Å². The highest BCUT2D eigenvalue weighted by atomic mass is 79.9. The van der Waals surface area contributed by atoms with E-state index in [-0.39, 0.29) is 0 Å². The first-order valence-corrected chi connectivity index (χ1v) is 8.09. The second kappa shape index (κ2) is 5.47. The van der Waals surface area contributed by atoms with E-state index in [1.165, 1.54) is 0 Å². The third kappa shape index (κ3) is 2.44. The fourth-order valence-electron chi connectivity index (χ4n) is 2.59. The fraction of sp³-hybridized carbons (Fsp3) is 0.0625. The smallest absolute Gasteiger partial charge is 0.257 e. The Morgan fingerprint density at radius 3 is 2.87 bits per heavy atom. The summed E-state index contributed by atoms with van der Waals surface area (Å²) in [7, 11) is 1.98. The molecule has 2 heterocycles. The summed E-state index contributed by atoms with van der Waals surface area (Å²) in [5.74, 6) is 1.34. The summed E-state index contributed by atoms with van der Waals surface area (Å²) in [5.41, 5.74) is 1.94. The highest BCUT2D eigenvalue weighted by Crippen LogP contribution is 2.32. The first kappa shape index (κ1) is 14.4. The molecule has 7 heteroatoms. The van der Waals surface area contributed by atoms with E-state index in [1.54, 1.807) is 6.33 Å². The van der Waals surface area contributed by atoms with Crippen LogP contribution in [-0.4, -0.2) is 26.6 Å². The number of anilines is 2. The third-order valence-electron chi connectivity index (χ3n) is 3.71. The lowest BCUT2D eigenvalue weighted by molar-refractivity contribution is 1.08. The van der Waals surface area contributed by atoms with E-state index in [2.05, 4.69) is 31.1 Å². The first-order valence-electron chi connectivity index (χ1n) is 6.92. The summed E-state index contributed by atoms with van der Waals surface area (Å²) in [6, 6.07) is 13.8. The maximum Gasteiger partial charge on any atom is 0.257 e. The van der Waals surface area contributed by atoms with Gasteiger partial charge in [0, 0.05) is 27.6 Å². The molecule has 0 radical (unpaired) electrons. The second-order valence-corrected chi connectivity index (χ2v) is 6.49. The van der Waals surface area contributed by atoms with E-state index in [4.69, 9.17) is 11.6 Å². The van der Waals surface area contributed by atoms with Crippen molar-refractivity contribution in [3.05, 3.63) is 58.3 Å². The Kier molecular flexibility index (Phi) is 3.43. The van der Waals surface area contributed by atoms with Crippen LogP contribution in [0.15, 0.2) is 53.3 Å². The van der Waals surface area contributed by atoms with Crippen molar-refractivity contribution in [1.29, 1.82) is 0 Å². The molecule has 23 heavy (non-hydrogen) atoms. The molecule has 2 aromatic carbocycles. The second-order valence-electron chi connectivity index (χ2n) is 5.14. The minimum atomic E-state index is 0.539. The number of halogens is 2. The van der Waals surface area contributed by atoms with Crippen molar-refractivity contribution in [2.45, 2.75) is 0 Å². The lowest BCUT2D eigenvalue weighted by atomic mass is 10.2. The number of hydrogen-bond donors (Lipinski definition) is 0. The van der Waals surface area contributed by atoms with Gasteiger partial charge in [0.25, 0.3) is 5.78 Å². The van der Waals surface area contributed by atoms with E-state index >= 15 is 0 Å². The lowest BCUT2D eigenvalue weighted by Crippen LogP contribution is -2.13. The van der Waals surface area contributed by atoms with E-state index < -0.39 is 0 Å². The third-order valence-corrected chi connectivity index (χ3v) is 4.44. The van der Waals surface area contributed by atoms with Crippen molar-refractivity contribution in [1.82, 2.24) is 19.6 Å². The van der Waals surface area contributed by atoms with Gasteiger partial charge in [0.2, 0.25) is 0 Å². The maximum atomic E-state index is 6.16. The molecule has 114 valence electrons. The summed E-state index contributed by atoms with van der Waals surface area (Å²) in [6.45, 7) is 0. The molecule has 0 atom stereocenters. The average molecular weight is 389 g/mol. The van der Waals surface area contributed by atoms with E-state index in [9.17, 15) is 0 Å². The molecular weight excluding hydrogens is 378 g/mol. The molecule has 5 nitrogen and oxygen atoms in total. The normalized spacial score (nSPS) is 11.3. The zero-order valence-corrected chi connectivity index (χ0v) is 14.5. The Morgan fingerprint density at radius 2 is 2.04 bits per heavy atom. The number of hydrogen-bond acceptors (Lipinski definition) is 4. The predicted molar refractivity (Wildman–Crippen MR) is 95.5 cm³/mol. The quantitative estimate of drug-likeness (QED) is 0.508. The standard InChI is InChI=1S/C16H11BrClN5/c1-22(12-4-2-3-10(17)7-12)15-13-6-5-11(18)8-14(13)23-9-19-21-16(23)20-15/h2-9H,1H3. The van der Waals surface area contributed by atoms with E-state index in [1.807, 2.05) is 58.8 Å². The molecule has 0 bridgehead atoms. The minimum absolute atomic E-state index is 0.539. The largest absolute Gasteiger partial charge is 0.329 e. The Bertz CT molecular complexity index is 1030. The SMILES string of the molecule is CN(c1cccc(Br)c1)c1nc2nncn2c2cc(Cl)ccc12. The van der Waals surface area contributed by atoms with Crippen LogP contribution in [0.2, 0.25) is 5.02 Å². The highest BCUT2D eigenvalue weighted by Gasteiger charge is 2.14. The van der Waals surface area contributed by atoms with Crippen molar-refractivity contribution in [2.24, 2.45) is 0 Å². The molecule has 0 aliphatic rings. The van der Waals surface area contributed by atoms with E-state index in [0.717, 1.165) is 26.9 Å². The zero-order chi connectivity index (χ0) is 16.0. The first-order chi connectivity index (χ1) is 11.1. The molecule has 2 aromatic heterocycles. The van der Waals surface area contributed by atoms with Crippen LogP contribution in [0.3, 0.4) is 0 Å². The summed E-state index contributed by atoms with van der Waals surface area (Å²) >= 11 is 9.67. The Hall–Kier alpha value is -2.18. The highest BCUT2D eigenvalue weighted by molar-refractivity contribution is 9.10. The van der Waals surface area contributed by atoms with Crippen molar-refractivity contribution in [3.63, 3.8) is 0 Å². The number of fused-ring (bicyclic) bond motifs is 3. The van der Waals surface area contributed by atoms with Crippen LogP contribution in [0.5, 0.6) is 0 Å². The average Bonchev–Trinajstić information content (AvgIpc) is 3.02. The molecule has 0 unspecified atom stereocenters. The molecule has 0 aliphatic heterocycles. The Morgan fingerprint density at radius 1 is 1.17 bits per heavy atom. The lowest BCUT2D eigenvalue weighted by Gasteiger charge is -2.20. The minimum Gasteiger partial charge on any atom is -0.329 e. The van der Waals surface area contributed by atoms with Gasteiger partial charge in [-0.15, -0.1) is 10.2 Å².